The van der Waals surface area contributed by atoms with E-state index in [4.69, 9.17) is 10.3 Å². The van der Waals surface area contributed by atoms with Crippen LogP contribution in [0.15, 0.2) is 29.4 Å². The predicted octanol–water partition coefficient (Wildman–Crippen LogP) is 3.07. The maximum absolute atomic E-state index is 8.23. The summed E-state index contributed by atoms with van der Waals surface area (Å²) in [5.41, 5.74) is 9.22. The van der Waals surface area contributed by atoms with Gasteiger partial charge in [-0.3, -0.25) is 0 Å². The zero-order valence-corrected chi connectivity index (χ0v) is 7.64. The molecule has 1 rings (SSSR count). The molecule has 0 spiro atoms. The molecule has 13 heavy (non-hydrogen) atoms. The molecule has 0 aliphatic rings. The molecule has 0 aliphatic carbocycles. The van der Waals surface area contributed by atoms with Crippen molar-refractivity contribution in [1.29, 1.82) is 0 Å². The SMILES string of the molecule is COc1ccc([C@@H](C)N=[N+]=[N-])cc1. The van der Waals surface area contributed by atoms with Crippen LogP contribution in [0, 0.1) is 0 Å². The average molecular weight is 177 g/mol. The molecule has 0 fully saturated rings. The lowest BCUT2D eigenvalue weighted by Crippen LogP contribution is -1.88. The van der Waals surface area contributed by atoms with Crippen LogP contribution in [0.4, 0.5) is 0 Å². The van der Waals surface area contributed by atoms with Gasteiger partial charge in [-0.2, -0.15) is 0 Å². The van der Waals surface area contributed by atoms with Gasteiger partial charge in [0.15, 0.2) is 0 Å². The van der Waals surface area contributed by atoms with Crippen LogP contribution in [-0.2, 0) is 0 Å². The zero-order chi connectivity index (χ0) is 9.68. The molecule has 68 valence electrons. The van der Waals surface area contributed by atoms with E-state index in [1.165, 1.54) is 0 Å². The van der Waals surface area contributed by atoms with Gasteiger partial charge in [0.2, 0.25) is 0 Å². The lowest BCUT2D eigenvalue weighted by molar-refractivity contribution is 0.414. The highest BCUT2D eigenvalue weighted by molar-refractivity contribution is 5.28. The van der Waals surface area contributed by atoms with Crippen molar-refractivity contribution in [3.8, 4) is 5.75 Å². The summed E-state index contributed by atoms with van der Waals surface area (Å²) in [7, 11) is 1.62. The molecule has 0 N–H and O–H groups in total. The Morgan fingerprint density at radius 2 is 2.00 bits per heavy atom. The van der Waals surface area contributed by atoms with E-state index in [1.807, 2.05) is 31.2 Å². The van der Waals surface area contributed by atoms with Crippen LogP contribution < -0.4 is 4.74 Å². The number of hydrogen-bond acceptors (Lipinski definition) is 2. The van der Waals surface area contributed by atoms with E-state index in [1.54, 1.807) is 7.11 Å². The molecule has 1 atom stereocenters. The van der Waals surface area contributed by atoms with Crippen LogP contribution in [0.3, 0.4) is 0 Å². The highest BCUT2D eigenvalue weighted by atomic mass is 16.5. The van der Waals surface area contributed by atoms with Gasteiger partial charge >= 0.3 is 0 Å². The minimum absolute atomic E-state index is 0.129. The van der Waals surface area contributed by atoms with Crippen molar-refractivity contribution >= 4 is 0 Å². The van der Waals surface area contributed by atoms with Crippen molar-refractivity contribution < 1.29 is 4.74 Å². The quantitative estimate of drug-likeness (QED) is 0.397. The standard InChI is InChI=1S/C9H11N3O/c1-7(11-12-10)8-3-5-9(13-2)6-4-8/h3-7H,1-2H3/t7-/m1/s1. The molecule has 0 heterocycles. The molecule has 0 saturated carbocycles. The molecule has 0 unspecified atom stereocenters. The summed E-state index contributed by atoms with van der Waals surface area (Å²) < 4.78 is 5.01. The van der Waals surface area contributed by atoms with E-state index < -0.39 is 0 Å². The average Bonchev–Trinajstić information content (AvgIpc) is 2.18. The second-order valence-corrected chi connectivity index (χ2v) is 2.65. The van der Waals surface area contributed by atoms with E-state index in [0.29, 0.717) is 0 Å². The Morgan fingerprint density at radius 1 is 1.38 bits per heavy atom. The van der Waals surface area contributed by atoms with Crippen LogP contribution in [0.1, 0.15) is 18.5 Å². The number of nitrogens with zero attached hydrogens (tertiary/aromatic N) is 3. The lowest BCUT2D eigenvalue weighted by Gasteiger charge is -2.05. The molecule has 0 radical (unpaired) electrons. The summed E-state index contributed by atoms with van der Waals surface area (Å²) in [5.74, 6) is 0.803. The normalized spacial score (nSPS) is 11.5. The summed E-state index contributed by atoms with van der Waals surface area (Å²) in [6.07, 6.45) is 0. The van der Waals surface area contributed by atoms with E-state index in [-0.39, 0.29) is 6.04 Å². The van der Waals surface area contributed by atoms with Crippen molar-refractivity contribution in [3.05, 3.63) is 40.3 Å². The van der Waals surface area contributed by atoms with Gasteiger partial charge in [0.1, 0.15) is 5.75 Å². The van der Waals surface area contributed by atoms with Gasteiger partial charge in [0.05, 0.1) is 13.2 Å². The first-order chi connectivity index (χ1) is 6.27. The summed E-state index contributed by atoms with van der Waals surface area (Å²) in [4.78, 5) is 2.75. The third kappa shape index (κ3) is 2.39. The van der Waals surface area contributed by atoms with Gasteiger partial charge < -0.3 is 4.74 Å². The first kappa shape index (κ1) is 9.42. The fraction of sp³-hybridized carbons (Fsp3) is 0.333. The number of hydrogen-bond donors (Lipinski definition) is 0. The maximum Gasteiger partial charge on any atom is 0.118 e. The predicted molar refractivity (Wildman–Crippen MR) is 50.6 cm³/mol. The maximum atomic E-state index is 8.23. The molecule has 1 aromatic rings. The van der Waals surface area contributed by atoms with Crippen molar-refractivity contribution in [1.82, 2.24) is 0 Å². The highest BCUT2D eigenvalue weighted by Gasteiger charge is 2.01. The first-order valence-corrected chi connectivity index (χ1v) is 3.96. The highest BCUT2D eigenvalue weighted by Crippen LogP contribution is 2.19. The number of rotatable bonds is 3. The Hall–Kier alpha value is -1.67. The van der Waals surface area contributed by atoms with Crippen molar-refractivity contribution in [2.75, 3.05) is 7.11 Å². The zero-order valence-electron chi connectivity index (χ0n) is 7.64. The Kier molecular flexibility index (Phi) is 3.17. The minimum Gasteiger partial charge on any atom is -0.497 e. The third-order valence-corrected chi connectivity index (χ3v) is 1.82. The smallest absolute Gasteiger partial charge is 0.118 e. The summed E-state index contributed by atoms with van der Waals surface area (Å²) in [5, 5.41) is 3.59. The molecule has 4 nitrogen and oxygen atoms in total. The van der Waals surface area contributed by atoms with Gasteiger partial charge in [-0.25, -0.2) is 0 Å². The molecule has 4 heteroatoms. The molecule has 1 aromatic carbocycles. The van der Waals surface area contributed by atoms with Crippen LogP contribution in [-0.4, -0.2) is 7.11 Å². The largest absolute Gasteiger partial charge is 0.497 e. The van der Waals surface area contributed by atoms with Gasteiger partial charge in [-0.15, -0.1) is 0 Å². The van der Waals surface area contributed by atoms with E-state index in [0.717, 1.165) is 11.3 Å². The van der Waals surface area contributed by atoms with Gasteiger partial charge in [-0.05, 0) is 23.2 Å². The van der Waals surface area contributed by atoms with Crippen LogP contribution in [0.25, 0.3) is 10.4 Å². The third-order valence-electron chi connectivity index (χ3n) is 1.82. The number of ether oxygens (including phenoxy) is 1. The molecule has 0 saturated heterocycles. The molecule has 0 amide bonds. The van der Waals surface area contributed by atoms with Crippen LogP contribution in [0.2, 0.25) is 0 Å². The minimum atomic E-state index is -0.129. The Morgan fingerprint density at radius 3 is 2.46 bits per heavy atom. The van der Waals surface area contributed by atoms with Gasteiger partial charge in [-0.1, -0.05) is 24.2 Å². The van der Waals surface area contributed by atoms with Crippen molar-refractivity contribution in [2.45, 2.75) is 13.0 Å². The van der Waals surface area contributed by atoms with Crippen LogP contribution >= 0.6 is 0 Å². The molecule has 0 aliphatic heterocycles. The van der Waals surface area contributed by atoms with E-state index >= 15 is 0 Å². The fourth-order valence-corrected chi connectivity index (χ4v) is 1.03. The Labute approximate surface area is 76.8 Å². The Balaban J connectivity index is 2.85. The fourth-order valence-electron chi connectivity index (χ4n) is 1.03. The first-order valence-electron chi connectivity index (χ1n) is 3.96. The molecular weight excluding hydrogens is 166 g/mol. The molecular formula is C9H11N3O. The van der Waals surface area contributed by atoms with Crippen molar-refractivity contribution in [3.63, 3.8) is 0 Å². The summed E-state index contributed by atoms with van der Waals surface area (Å²) >= 11 is 0. The molecule has 0 bridgehead atoms. The topological polar surface area (TPSA) is 58.0 Å². The second kappa shape index (κ2) is 4.38. The van der Waals surface area contributed by atoms with E-state index in [2.05, 4.69) is 10.0 Å². The summed E-state index contributed by atoms with van der Waals surface area (Å²) in [6.45, 7) is 1.85. The number of methoxy groups -OCH3 is 1. The second-order valence-electron chi connectivity index (χ2n) is 2.65. The van der Waals surface area contributed by atoms with E-state index in [9.17, 15) is 0 Å². The molecule has 0 aromatic heterocycles. The Bertz CT molecular complexity index is 314. The van der Waals surface area contributed by atoms with Gasteiger partial charge in [0.25, 0.3) is 0 Å². The van der Waals surface area contributed by atoms with Crippen LogP contribution in [0.5, 0.6) is 5.75 Å². The lowest BCUT2D eigenvalue weighted by atomic mass is 10.1. The monoisotopic (exact) mass is 177 g/mol. The van der Waals surface area contributed by atoms with Crippen molar-refractivity contribution in [2.24, 2.45) is 5.11 Å². The summed E-state index contributed by atoms with van der Waals surface area (Å²) in [6, 6.07) is 7.34. The number of benzene rings is 1. The number of azide groups is 1. The van der Waals surface area contributed by atoms with Gasteiger partial charge in [0, 0.05) is 4.91 Å².